The van der Waals surface area contributed by atoms with Crippen LogP contribution in [0.3, 0.4) is 0 Å². The Labute approximate surface area is 219 Å². The fourth-order valence-corrected chi connectivity index (χ4v) is 5.40. The number of anilines is 1. The van der Waals surface area contributed by atoms with Gasteiger partial charge in [-0.2, -0.15) is 0 Å². The van der Waals surface area contributed by atoms with Gasteiger partial charge in [0, 0.05) is 0 Å². The molecular weight excluding hydrogens is 496 g/mol. The molecule has 1 amide bonds. The average molecular weight is 529 g/mol. The van der Waals surface area contributed by atoms with Crippen LogP contribution in [0.25, 0.3) is 0 Å². The number of carbonyl (C=O) groups excluding carboxylic acids is 1. The van der Waals surface area contributed by atoms with Crippen LogP contribution in [0.4, 0.5) is 5.69 Å². The molecule has 0 aliphatic carbocycles. The summed E-state index contributed by atoms with van der Waals surface area (Å²) in [5.74, 6) is -0.0325. The predicted octanol–water partition coefficient (Wildman–Crippen LogP) is 6.03. The van der Waals surface area contributed by atoms with E-state index in [1.807, 2.05) is 38.1 Å². The summed E-state index contributed by atoms with van der Waals surface area (Å²) in [6, 6.07) is 18.9. The van der Waals surface area contributed by atoms with E-state index in [9.17, 15) is 13.2 Å². The second-order valence-corrected chi connectivity index (χ2v) is 12.1. The maximum Gasteiger partial charge on any atom is 0.264 e. The highest BCUT2D eigenvalue weighted by Gasteiger charge is 2.28. The fraction of sp³-hybridized carbons (Fsp3) is 0.321. The first kappa shape index (κ1) is 27.6. The summed E-state index contributed by atoms with van der Waals surface area (Å²) in [6.07, 6.45) is 0. The van der Waals surface area contributed by atoms with Crippen LogP contribution >= 0.6 is 11.6 Å². The van der Waals surface area contributed by atoms with Crippen molar-refractivity contribution in [2.45, 2.75) is 51.0 Å². The standard InChI is InChI=1S/C28H33ClN2O4S/c1-19-7-14-24(15-8-19)36(33,34)31(23-13-16-26(35-6)25(29)17-23)18-27(32)30-20(2)21-9-11-22(12-10-21)28(3,4)5/h7-17,20H,18H2,1-6H3,(H,30,32)/t20-/m0/s1. The molecule has 0 radical (unpaired) electrons. The van der Waals surface area contributed by atoms with Gasteiger partial charge in [0.05, 0.1) is 28.8 Å². The van der Waals surface area contributed by atoms with Crippen molar-refractivity contribution in [2.24, 2.45) is 0 Å². The summed E-state index contributed by atoms with van der Waals surface area (Å²) >= 11 is 6.29. The van der Waals surface area contributed by atoms with E-state index >= 15 is 0 Å². The number of nitrogens with one attached hydrogen (secondary N) is 1. The number of carbonyl (C=O) groups is 1. The number of halogens is 1. The molecule has 0 aliphatic rings. The van der Waals surface area contributed by atoms with E-state index in [0.29, 0.717) is 5.75 Å². The summed E-state index contributed by atoms with van der Waals surface area (Å²) in [7, 11) is -2.57. The summed E-state index contributed by atoms with van der Waals surface area (Å²) in [4.78, 5) is 13.2. The van der Waals surface area contributed by atoms with Gasteiger partial charge in [0.15, 0.2) is 0 Å². The summed E-state index contributed by atoms with van der Waals surface area (Å²) in [6.45, 7) is 9.75. The second kappa shape index (κ2) is 10.9. The van der Waals surface area contributed by atoms with Crippen LogP contribution in [0.2, 0.25) is 5.02 Å². The summed E-state index contributed by atoms with van der Waals surface area (Å²) in [5, 5.41) is 3.16. The van der Waals surface area contributed by atoms with E-state index < -0.39 is 22.5 Å². The average Bonchev–Trinajstić information content (AvgIpc) is 2.82. The molecule has 0 unspecified atom stereocenters. The van der Waals surface area contributed by atoms with Crippen molar-refractivity contribution in [3.8, 4) is 5.75 Å². The van der Waals surface area contributed by atoms with Crippen molar-refractivity contribution in [3.63, 3.8) is 0 Å². The number of nitrogens with zero attached hydrogens (tertiary/aromatic N) is 1. The first-order chi connectivity index (χ1) is 16.8. The lowest BCUT2D eigenvalue weighted by Crippen LogP contribution is -2.41. The van der Waals surface area contributed by atoms with Crippen molar-refractivity contribution in [1.29, 1.82) is 0 Å². The normalized spacial score (nSPS) is 12.6. The van der Waals surface area contributed by atoms with Crippen LogP contribution in [-0.2, 0) is 20.2 Å². The van der Waals surface area contributed by atoms with Crippen LogP contribution in [0, 0.1) is 6.92 Å². The Hall–Kier alpha value is -3.03. The zero-order chi connectivity index (χ0) is 26.7. The third-order valence-electron chi connectivity index (χ3n) is 5.97. The molecule has 6 nitrogen and oxygen atoms in total. The topological polar surface area (TPSA) is 75.7 Å². The highest BCUT2D eigenvalue weighted by Crippen LogP contribution is 2.32. The Bertz CT molecular complexity index is 1320. The molecule has 0 heterocycles. The minimum Gasteiger partial charge on any atom is -0.495 e. The van der Waals surface area contributed by atoms with Gasteiger partial charge in [0.2, 0.25) is 5.91 Å². The quantitative estimate of drug-likeness (QED) is 0.387. The van der Waals surface area contributed by atoms with E-state index in [4.69, 9.17) is 16.3 Å². The number of aryl methyl sites for hydroxylation is 1. The predicted molar refractivity (Wildman–Crippen MR) is 145 cm³/mol. The van der Waals surface area contributed by atoms with Crippen molar-refractivity contribution in [2.75, 3.05) is 18.0 Å². The van der Waals surface area contributed by atoms with Crippen molar-refractivity contribution in [1.82, 2.24) is 5.32 Å². The van der Waals surface area contributed by atoms with E-state index in [1.54, 1.807) is 24.3 Å². The highest BCUT2D eigenvalue weighted by molar-refractivity contribution is 7.92. The summed E-state index contributed by atoms with van der Waals surface area (Å²) in [5.41, 5.74) is 3.33. The van der Waals surface area contributed by atoms with Crippen LogP contribution in [-0.4, -0.2) is 28.0 Å². The van der Waals surface area contributed by atoms with Gasteiger partial charge < -0.3 is 10.1 Å². The molecule has 8 heteroatoms. The molecule has 3 aromatic rings. The molecule has 3 aromatic carbocycles. The molecule has 0 bridgehead atoms. The van der Waals surface area contributed by atoms with Crippen molar-refractivity contribution >= 4 is 33.2 Å². The third-order valence-corrected chi connectivity index (χ3v) is 8.06. The molecule has 1 atom stereocenters. The second-order valence-electron chi connectivity index (χ2n) is 9.80. The Morgan fingerprint density at radius 1 is 1.03 bits per heavy atom. The van der Waals surface area contributed by atoms with Gasteiger partial charge >= 0.3 is 0 Å². The van der Waals surface area contributed by atoms with E-state index in [-0.39, 0.29) is 27.1 Å². The molecule has 1 N–H and O–H groups in total. The number of amides is 1. The molecule has 0 fully saturated rings. The first-order valence-corrected chi connectivity index (χ1v) is 13.5. The van der Waals surface area contributed by atoms with Crippen molar-refractivity contribution < 1.29 is 17.9 Å². The first-order valence-electron chi connectivity index (χ1n) is 11.7. The third kappa shape index (κ3) is 6.39. The Kier molecular flexibility index (Phi) is 8.37. The molecule has 3 rings (SSSR count). The highest BCUT2D eigenvalue weighted by atomic mass is 35.5. The van der Waals surface area contributed by atoms with Gasteiger partial charge in [0.25, 0.3) is 10.0 Å². The van der Waals surface area contributed by atoms with Crippen molar-refractivity contribution in [3.05, 3.63) is 88.4 Å². The maximum atomic E-state index is 13.6. The van der Waals surface area contributed by atoms with Crippen LogP contribution < -0.4 is 14.4 Å². The minimum atomic E-state index is -4.05. The number of hydrogen-bond donors (Lipinski definition) is 1. The molecule has 0 spiro atoms. The molecule has 0 saturated heterocycles. The maximum absolute atomic E-state index is 13.6. The van der Waals surface area contributed by atoms with E-state index in [1.165, 1.54) is 30.9 Å². The van der Waals surface area contributed by atoms with Crippen LogP contribution in [0.15, 0.2) is 71.6 Å². The lowest BCUT2D eigenvalue weighted by Gasteiger charge is -2.26. The smallest absolute Gasteiger partial charge is 0.264 e. The van der Waals surface area contributed by atoms with Crippen LogP contribution in [0.1, 0.15) is 50.4 Å². The number of rotatable bonds is 8. The molecular formula is C28H33ClN2O4S. The summed E-state index contributed by atoms with van der Waals surface area (Å²) < 4.78 is 33.5. The molecule has 36 heavy (non-hydrogen) atoms. The Balaban J connectivity index is 1.89. The number of sulfonamides is 1. The zero-order valence-electron chi connectivity index (χ0n) is 21.5. The molecule has 0 aliphatic heterocycles. The molecule has 0 saturated carbocycles. The van der Waals surface area contributed by atoms with Gasteiger partial charge in [-0.25, -0.2) is 8.42 Å². The number of hydrogen-bond acceptors (Lipinski definition) is 4. The van der Waals surface area contributed by atoms with Crippen LogP contribution in [0.5, 0.6) is 5.75 Å². The SMILES string of the molecule is COc1ccc(N(CC(=O)N[C@@H](C)c2ccc(C(C)(C)C)cc2)S(=O)(=O)c2ccc(C)cc2)cc1Cl. The Morgan fingerprint density at radius 3 is 2.17 bits per heavy atom. The van der Waals surface area contributed by atoms with E-state index in [0.717, 1.165) is 15.4 Å². The van der Waals surface area contributed by atoms with Gasteiger partial charge in [-0.1, -0.05) is 74.3 Å². The van der Waals surface area contributed by atoms with Gasteiger partial charge in [-0.3, -0.25) is 9.10 Å². The lowest BCUT2D eigenvalue weighted by molar-refractivity contribution is -0.120. The largest absolute Gasteiger partial charge is 0.495 e. The van der Waals surface area contributed by atoms with Gasteiger partial charge in [-0.15, -0.1) is 0 Å². The number of ether oxygens (including phenoxy) is 1. The molecule has 0 aromatic heterocycles. The fourth-order valence-electron chi connectivity index (χ4n) is 3.74. The lowest BCUT2D eigenvalue weighted by atomic mass is 9.86. The Morgan fingerprint density at radius 2 is 1.64 bits per heavy atom. The van der Waals surface area contributed by atoms with Gasteiger partial charge in [-0.05, 0) is 60.7 Å². The molecule has 192 valence electrons. The monoisotopic (exact) mass is 528 g/mol. The zero-order valence-corrected chi connectivity index (χ0v) is 23.1. The van der Waals surface area contributed by atoms with E-state index in [2.05, 4.69) is 26.1 Å². The minimum absolute atomic E-state index is 0.0233. The van der Waals surface area contributed by atoms with Gasteiger partial charge in [0.1, 0.15) is 12.3 Å². The number of benzene rings is 3. The number of methoxy groups -OCH3 is 1.